The molecule has 0 unspecified atom stereocenters. The van der Waals surface area contributed by atoms with E-state index >= 15 is 0 Å². The van der Waals surface area contributed by atoms with Gasteiger partial charge in [0, 0.05) is 5.70 Å². The van der Waals surface area contributed by atoms with E-state index in [0.717, 1.165) is 0 Å². The topological polar surface area (TPSA) is 80.4 Å². The van der Waals surface area contributed by atoms with E-state index in [0.29, 0.717) is 0 Å². The molecular weight excluding hydrogens is 154 g/mol. The fraction of sp³-hybridized carbons (Fsp3) is 0.200. The van der Waals surface area contributed by atoms with Crippen molar-refractivity contribution in [3.05, 3.63) is 24.4 Å². The molecule has 0 saturated carbocycles. The highest BCUT2D eigenvalue weighted by atomic mass is 32.2. The number of hydrogen-bond donors (Lipinski definition) is 2. The molecule has 3 N–H and O–H groups in total. The Bertz CT molecular complexity index is 240. The minimum atomic E-state index is -3.90. The molecule has 10 heavy (non-hydrogen) atoms. The molecule has 0 aromatic carbocycles. The number of rotatable bonds is 3. The second kappa shape index (κ2) is 3.38. The molecule has 0 aromatic heterocycles. The molecule has 0 amide bonds. The molecule has 0 aliphatic carbocycles. The first-order chi connectivity index (χ1) is 4.42. The molecule has 0 aromatic rings. The summed E-state index contributed by atoms with van der Waals surface area (Å²) in [5.74, 6) is -0.427. The molecule has 5 heteroatoms. The van der Waals surface area contributed by atoms with Crippen molar-refractivity contribution in [2.75, 3.05) is 5.75 Å². The van der Waals surface area contributed by atoms with Crippen molar-refractivity contribution in [3.8, 4) is 0 Å². The first-order valence-electron chi connectivity index (χ1n) is 2.48. The average molecular weight is 163 g/mol. The van der Waals surface area contributed by atoms with Crippen LogP contribution in [0.3, 0.4) is 0 Å². The highest BCUT2D eigenvalue weighted by molar-refractivity contribution is 7.85. The van der Waals surface area contributed by atoms with Gasteiger partial charge in [0.05, 0.1) is 5.75 Å². The van der Waals surface area contributed by atoms with Crippen molar-refractivity contribution in [2.45, 2.75) is 0 Å². The minimum Gasteiger partial charge on any atom is -0.399 e. The van der Waals surface area contributed by atoms with E-state index in [1.54, 1.807) is 0 Å². The van der Waals surface area contributed by atoms with Crippen LogP contribution in [0, 0.1) is 0 Å². The van der Waals surface area contributed by atoms with Crippen molar-refractivity contribution in [2.24, 2.45) is 5.73 Å². The van der Waals surface area contributed by atoms with E-state index < -0.39 is 15.9 Å². The largest absolute Gasteiger partial charge is 0.399 e. The van der Waals surface area contributed by atoms with Gasteiger partial charge in [-0.1, -0.05) is 12.7 Å². The molecule has 0 bridgehead atoms. The first kappa shape index (κ1) is 9.19. The van der Waals surface area contributed by atoms with E-state index in [1.807, 2.05) is 0 Å². The Hall–Kier alpha value is -0.810. The highest BCUT2D eigenvalue weighted by Gasteiger charge is 1.97. The third kappa shape index (κ3) is 7.19. The molecule has 58 valence electrons. The summed E-state index contributed by atoms with van der Waals surface area (Å²) in [4.78, 5) is 0. The SMILES string of the molecule is C=C(N)/C=C\CS(=O)(=O)O. The highest BCUT2D eigenvalue weighted by Crippen LogP contribution is 1.86. The van der Waals surface area contributed by atoms with Crippen molar-refractivity contribution in [1.82, 2.24) is 0 Å². The summed E-state index contributed by atoms with van der Waals surface area (Å²) < 4.78 is 28.3. The number of allylic oxidation sites excluding steroid dienone is 1. The fourth-order valence-corrected chi connectivity index (χ4v) is 0.661. The lowest BCUT2D eigenvalue weighted by atomic mass is 10.4. The van der Waals surface area contributed by atoms with Crippen LogP contribution in [0.5, 0.6) is 0 Å². The lowest BCUT2D eigenvalue weighted by Crippen LogP contribution is -2.01. The molecular formula is C5H9NO3S. The summed E-state index contributed by atoms with van der Waals surface area (Å²) in [5, 5.41) is 0. The monoisotopic (exact) mass is 163 g/mol. The van der Waals surface area contributed by atoms with Crippen LogP contribution in [0.2, 0.25) is 0 Å². The molecule has 0 atom stereocenters. The van der Waals surface area contributed by atoms with Gasteiger partial charge in [0.25, 0.3) is 10.1 Å². The Labute approximate surface area is 59.8 Å². The normalized spacial score (nSPS) is 12.1. The van der Waals surface area contributed by atoms with E-state index in [9.17, 15) is 8.42 Å². The third-order valence-corrected chi connectivity index (χ3v) is 1.25. The van der Waals surface area contributed by atoms with Crippen molar-refractivity contribution in [3.63, 3.8) is 0 Å². The van der Waals surface area contributed by atoms with E-state index in [2.05, 4.69) is 6.58 Å². The molecule has 0 heterocycles. The predicted octanol–water partition coefficient (Wildman–Crippen LogP) is -0.0972. The van der Waals surface area contributed by atoms with Gasteiger partial charge in [-0.05, 0) is 6.08 Å². The van der Waals surface area contributed by atoms with Gasteiger partial charge >= 0.3 is 0 Å². The maximum absolute atomic E-state index is 10.0. The third-order valence-electron chi connectivity index (χ3n) is 0.639. The van der Waals surface area contributed by atoms with Crippen LogP contribution in [0.4, 0.5) is 0 Å². The summed E-state index contributed by atoms with van der Waals surface area (Å²) in [6.07, 6.45) is 2.53. The molecule has 0 fully saturated rings. The summed E-state index contributed by atoms with van der Waals surface area (Å²) in [5.41, 5.74) is 5.32. The maximum atomic E-state index is 10.0. The van der Waals surface area contributed by atoms with Crippen molar-refractivity contribution >= 4 is 10.1 Å². The molecule has 0 saturated heterocycles. The smallest absolute Gasteiger partial charge is 0.268 e. The summed E-state index contributed by atoms with van der Waals surface area (Å²) in [6.45, 7) is 3.29. The predicted molar refractivity (Wildman–Crippen MR) is 38.9 cm³/mol. The van der Waals surface area contributed by atoms with E-state index in [1.165, 1.54) is 12.2 Å². The van der Waals surface area contributed by atoms with Crippen LogP contribution >= 0.6 is 0 Å². The Morgan fingerprint density at radius 1 is 1.70 bits per heavy atom. The van der Waals surface area contributed by atoms with Gasteiger partial charge in [-0.2, -0.15) is 8.42 Å². The Morgan fingerprint density at radius 3 is 2.50 bits per heavy atom. The summed E-state index contributed by atoms with van der Waals surface area (Å²) >= 11 is 0. The number of hydrogen-bond acceptors (Lipinski definition) is 3. The second-order valence-corrected chi connectivity index (χ2v) is 3.22. The van der Waals surface area contributed by atoms with Crippen LogP contribution in [0.15, 0.2) is 24.4 Å². The van der Waals surface area contributed by atoms with Gasteiger partial charge < -0.3 is 5.73 Å². The zero-order valence-electron chi connectivity index (χ0n) is 5.32. The van der Waals surface area contributed by atoms with Crippen LogP contribution in [0.25, 0.3) is 0 Å². The standard InChI is InChI=1S/C5H9NO3S/c1-5(6)3-2-4-10(7,8)9/h2-3H,1,4,6H2,(H,7,8,9)/b3-2-. The molecule has 0 radical (unpaired) electrons. The van der Waals surface area contributed by atoms with Crippen molar-refractivity contribution < 1.29 is 13.0 Å². The molecule has 0 aliphatic rings. The van der Waals surface area contributed by atoms with Gasteiger partial charge in [-0.3, -0.25) is 4.55 Å². The van der Waals surface area contributed by atoms with Gasteiger partial charge in [-0.25, -0.2) is 0 Å². The van der Waals surface area contributed by atoms with Crippen LogP contribution in [0.1, 0.15) is 0 Å². The molecule has 0 spiro atoms. The lowest BCUT2D eigenvalue weighted by Gasteiger charge is -1.87. The Morgan fingerprint density at radius 2 is 2.20 bits per heavy atom. The van der Waals surface area contributed by atoms with Crippen LogP contribution < -0.4 is 5.73 Å². The molecule has 0 rings (SSSR count). The van der Waals surface area contributed by atoms with Gasteiger partial charge in [0.15, 0.2) is 0 Å². The zero-order valence-corrected chi connectivity index (χ0v) is 6.13. The van der Waals surface area contributed by atoms with E-state index in [-0.39, 0.29) is 5.70 Å². The van der Waals surface area contributed by atoms with Crippen LogP contribution in [-0.2, 0) is 10.1 Å². The zero-order chi connectivity index (χ0) is 8.20. The molecule has 4 nitrogen and oxygen atoms in total. The fourth-order valence-electron chi connectivity index (χ4n) is 0.321. The quantitative estimate of drug-likeness (QED) is 0.450. The van der Waals surface area contributed by atoms with Gasteiger partial charge in [0.1, 0.15) is 0 Å². The van der Waals surface area contributed by atoms with Gasteiger partial charge in [0.2, 0.25) is 0 Å². The van der Waals surface area contributed by atoms with Crippen molar-refractivity contribution in [1.29, 1.82) is 0 Å². The maximum Gasteiger partial charge on any atom is 0.268 e. The van der Waals surface area contributed by atoms with Gasteiger partial charge in [-0.15, -0.1) is 0 Å². The Kier molecular flexibility index (Phi) is 3.11. The van der Waals surface area contributed by atoms with Crippen LogP contribution in [-0.4, -0.2) is 18.7 Å². The van der Waals surface area contributed by atoms with E-state index in [4.69, 9.17) is 10.3 Å². The minimum absolute atomic E-state index is 0.253. The molecule has 0 aliphatic heterocycles. The lowest BCUT2D eigenvalue weighted by molar-refractivity contribution is 0.487. The Balaban J connectivity index is 3.88. The average Bonchev–Trinajstić information content (AvgIpc) is 1.59. The summed E-state index contributed by atoms with van der Waals surface area (Å²) in [7, 11) is -3.90. The second-order valence-electron chi connectivity index (χ2n) is 1.73. The number of nitrogens with two attached hydrogens (primary N) is 1. The first-order valence-corrected chi connectivity index (χ1v) is 4.09. The summed E-state index contributed by atoms with van der Waals surface area (Å²) in [6, 6.07) is 0.